The zero-order chi connectivity index (χ0) is 6.69. The SMILES string of the molecule is [Si]Cc1ccc(Cl)cc1. The zero-order valence-corrected chi connectivity index (χ0v) is 6.65. The molecule has 45 valence electrons. The molecule has 2 heteroatoms. The van der Waals surface area contributed by atoms with Gasteiger partial charge in [0.1, 0.15) is 0 Å². The van der Waals surface area contributed by atoms with Gasteiger partial charge in [-0.3, -0.25) is 0 Å². The molecule has 1 rings (SSSR count). The van der Waals surface area contributed by atoms with E-state index in [9.17, 15) is 0 Å². The van der Waals surface area contributed by atoms with Crippen molar-refractivity contribution in [1.29, 1.82) is 0 Å². The first-order valence-corrected chi connectivity index (χ1v) is 3.80. The minimum atomic E-state index is 0.791. The van der Waals surface area contributed by atoms with Crippen molar-refractivity contribution in [2.45, 2.75) is 6.04 Å². The summed E-state index contributed by atoms with van der Waals surface area (Å²) >= 11 is 5.65. The van der Waals surface area contributed by atoms with Crippen molar-refractivity contribution in [3.05, 3.63) is 34.9 Å². The number of benzene rings is 1. The van der Waals surface area contributed by atoms with Crippen molar-refractivity contribution >= 4 is 21.8 Å². The largest absolute Gasteiger partial charge is 0.0843 e. The van der Waals surface area contributed by atoms with Crippen LogP contribution in [0.3, 0.4) is 0 Å². The molecule has 0 nitrogen and oxygen atoms in total. The van der Waals surface area contributed by atoms with Crippen LogP contribution in [0.1, 0.15) is 5.56 Å². The standard InChI is InChI=1S/C7H6ClSi/c8-7-3-1-6(5-9)2-4-7/h1-4H,5H2. The molecule has 0 atom stereocenters. The van der Waals surface area contributed by atoms with Gasteiger partial charge >= 0.3 is 0 Å². The Kier molecular flexibility index (Phi) is 2.31. The third-order valence-corrected chi connectivity index (χ3v) is 1.78. The van der Waals surface area contributed by atoms with Gasteiger partial charge in [-0.2, -0.15) is 0 Å². The molecule has 0 aliphatic carbocycles. The summed E-state index contributed by atoms with van der Waals surface area (Å²) in [5, 5.41) is 0.791. The van der Waals surface area contributed by atoms with E-state index in [4.69, 9.17) is 11.6 Å². The molecule has 9 heavy (non-hydrogen) atoms. The summed E-state index contributed by atoms with van der Waals surface area (Å²) in [6, 6.07) is 8.65. The highest BCUT2D eigenvalue weighted by Gasteiger charge is 1.86. The minimum absolute atomic E-state index is 0.791. The molecule has 0 aliphatic heterocycles. The van der Waals surface area contributed by atoms with Crippen molar-refractivity contribution in [1.82, 2.24) is 0 Å². The highest BCUT2D eigenvalue weighted by Crippen LogP contribution is 2.08. The van der Waals surface area contributed by atoms with Crippen molar-refractivity contribution in [2.24, 2.45) is 0 Å². The quantitative estimate of drug-likeness (QED) is 0.542. The first-order chi connectivity index (χ1) is 4.33. The maximum Gasteiger partial charge on any atom is 0.0406 e. The monoisotopic (exact) mass is 153 g/mol. The van der Waals surface area contributed by atoms with Gasteiger partial charge in [-0.25, -0.2) is 0 Å². The van der Waals surface area contributed by atoms with E-state index in [1.54, 1.807) is 0 Å². The summed E-state index contributed by atoms with van der Waals surface area (Å²) in [6.45, 7) is 0. The summed E-state index contributed by atoms with van der Waals surface area (Å²) in [4.78, 5) is 0. The lowest BCUT2D eigenvalue weighted by atomic mass is 10.2. The Balaban J connectivity index is 2.88. The zero-order valence-electron chi connectivity index (χ0n) is 4.89. The number of hydrogen-bond acceptors (Lipinski definition) is 0. The van der Waals surface area contributed by atoms with E-state index in [1.807, 2.05) is 24.3 Å². The molecular weight excluding hydrogens is 148 g/mol. The molecule has 0 bridgehead atoms. The number of halogens is 1. The van der Waals surface area contributed by atoms with Crippen LogP contribution in [0, 0.1) is 0 Å². The number of hydrogen-bond donors (Lipinski definition) is 0. The average Bonchev–Trinajstić information content (AvgIpc) is 1.90. The van der Waals surface area contributed by atoms with Crippen molar-refractivity contribution in [3.63, 3.8) is 0 Å². The summed E-state index contributed by atoms with van der Waals surface area (Å²) in [5.74, 6) is 0. The van der Waals surface area contributed by atoms with Gasteiger partial charge in [-0.05, 0) is 18.2 Å². The van der Waals surface area contributed by atoms with Gasteiger partial charge in [0.05, 0.1) is 0 Å². The Morgan fingerprint density at radius 1 is 1.22 bits per heavy atom. The molecule has 1 aromatic carbocycles. The van der Waals surface area contributed by atoms with Crippen molar-refractivity contribution in [3.8, 4) is 0 Å². The fourth-order valence-corrected chi connectivity index (χ4v) is 0.964. The molecule has 0 aromatic heterocycles. The smallest absolute Gasteiger partial charge is 0.0406 e. The molecule has 0 amide bonds. The normalized spacial score (nSPS) is 9.56. The maximum atomic E-state index is 5.65. The molecule has 0 heterocycles. The Morgan fingerprint density at radius 3 is 2.22 bits per heavy atom. The molecule has 1 aromatic rings. The first-order valence-electron chi connectivity index (χ1n) is 2.72. The molecule has 0 saturated heterocycles. The van der Waals surface area contributed by atoms with Crippen LogP contribution in [-0.4, -0.2) is 10.2 Å². The fraction of sp³-hybridized carbons (Fsp3) is 0.143. The van der Waals surface area contributed by atoms with Crippen molar-refractivity contribution < 1.29 is 0 Å². The van der Waals surface area contributed by atoms with Crippen LogP contribution in [0.4, 0.5) is 0 Å². The summed E-state index contributed by atoms with van der Waals surface area (Å²) in [6.07, 6.45) is 0. The van der Waals surface area contributed by atoms with Gasteiger partial charge in [0.25, 0.3) is 0 Å². The predicted octanol–water partition coefficient (Wildman–Crippen LogP) is 2.01. The van der Waals surface area contributed by atoms with E-state index < -0.39 is 0 Å². The Morgan fingerprint density at radius 2 is 1.78 bits per heavy atom. The van der Waals surface area contributed by atoms with Gasteiger partial charge in [0.15, 0.2) is 0 Å². The maximum absolute atomic E-state index is 5.65. The lowest BCUT2D eigenvalue weighted by Crippen LogP contribution is -1.80. The van der Waals surface area contributed by atoms with Crippen LogP contribution >= 0.6 is 11.6 Å². The molecule has 0 fully saturated rings. The Hall–Kier alpha value is -0.273. The Bertz CT molecular complexity index is 181. The highest BCUT2D eigenvalue weighted by molar-refractivity contribution is 6.30. The van der Waals surface area contributed by atoms with Gasteiger partial charge in [0.2, 0.25) is 0 Å². The lowest BCUT2D eigenvalue weighted by molar-refractivity contribution is 1.40. The van der Waals surface area contributed by atoms with Crippen LogP contribution in [0.25, 0.3) is 0 Å². The molecule has 0 saturated carbocycles. The van der Waals surface area contributed by atoms with E-state index in [0.29, 0.717) is 0 Å². The van der Waals surface area contributed by atoms with E-state index in [1.165, 1.54) is 5.56 Å². The second kappa shape index (κ2) is 3.04. The summed E-state index contributed by atoms with van der Waals surface area (Å²) in [5.41, 5.74) is 1.25. The van der Waals surface area contributed by atoms with Crippen LogP contribution in [0.15, 0.2) is 24.3 Å². The highest BCUT2D eigenvalue weighted by atomic mass is 35.5. The molecule has 0 N–H and O–H groups in total. The number of rotatable bonds is 1. The van der Waals surface area contributed by atoms with Gasteiger partial charge in [0, 0.05) is 15.3 Å². The third-order valence-electron chi connectivity index (χ3n) is 1.12. The van der Waals surface area contributed by atoms with Crippen molar-refractivity contribution in [2.75, 3.05) is 0 Å². The topological polar surface area (TPSA) is 0 Å². The van der Waals surface area contributed by atoms with Crippen LogP contribution < -0.4 is 0 Å². The van der Waals surface area contributed by atoms with Crippen LogP contribution in [-0.2, 0) is 6.04 Å². The van der Waals surface area contributed by atoms with Gasteiger partial charge in [-0.15, -0.1) is 0 Å². The minimum Gasteiger partial charge on any atom is -0.0843 e. The lowest BCUT2D eigenvalue weighted by Gasteiger charge is -1.92. The van der Waals surface area contributed by atoms with Gasteiger partial charge < -0.3 is 0 Å². The van der Waals surface area contributed by atoms with E-state index >= 15 is 0 Å². The molecule has 3 radical (unpaired) electrons. The van der Waals surface area contributed by atoms with Gasteiger partial charge in [-0.1, -0.05) is 29.3 Å². The van der Waals surface area contributed by atoms with E-state index in [0.717, 1.165) is 11.1 Å². The molecule has 0 aliphatic rings. The molecule has 0 spiro atoms. The predicted molar refractivity (Wildman–Crippen MR) is 40.9 cm³/mol. The summed E-state index contributed by atoms with van der Waals surface area (Å²) < 4.78 is 0. The van der Waals surface area contributed by atoms with E-state index in [-0.39, 0.29) is 0 Å². The third kappa shape index (κ3) is 1.84. The van der Waals surface area contributed by atoms with E-state index in [2.05, 4.69) is 10.2 Å². The first kappa shape index (κ1) is 6.84. The molecule has 0 unspecified atom stereocenters. The second-order valence-corrected chi connectivity index (χ2v) is 2.59. The van der Waals surface area contributed by atoms with Crippen LogP contribution in [0.2, 0.25) is 5.02 Å². The second-order valence-electron chi connectivity index (χ2n) is 1.80. The summed E-state index contributed by atoms with van der Waals surface area (Å²) in [7, 11) is 3.38. The Labute approximate surface area is 63.3 Å². The van der Waals surface area contributed by atoms with Crippen LogP contribution in [0.5, 0.6) is 0 Å². The average molecular weight is 154 g/mol. The molecular formula is C7H6ClSi. The fourth-order valence-electron chi connectivity index (χ4n) is 0.602.